The van der Waals surface area contributed by atoms with E-state index >= 15 is 0 Å². The number of amides is 1. The van der Waals surface area contributed by atoms with Crippen LogP contribution in [0.25, 0.3) is 0 Å². The summed E-state index contributed by atoms with van der Waals surface area (Å²) in [6.07, 6.45) is 2.24. The van der Waals surface area contributed by atoms with Crippen LogP contribution in [0.2, 0.25) is 0 Å². The Morgan fingerprint density at radius 3 is 3.06 bits per heavy atom. The lowest BCUT2D eigenvalue weighted by Gasteiger charge is -2.12. The Balaban J connectivity index is 1.94. The molecule has 1 aliphatic rings. The van der Waals surface area contributed by atoms with Gasteiger partial charge in [0.05, 0.1) is 5.56 Å². The molecule has 0 spiro atoms. The smallest absolute Gasteiger partial charge is 0.252 e. The summed E-state index contributed by atoms with van der Waals surface area (Å²) in [5, 5.41) is 6.15. The maximum absolute atomic E-state index is 12.9. The molecule has 1 heterocycles. The monoisotopic (exact) mass is 300 g/mol. The molecule has 17 heavy (non-hydrogen) atoms. The van der Waals surface area contributed by atoms with Crippen molar-refractivity contribution >= 4 is 21.8 Å². The summed E-state index contributed by atoms with van der Waals surface area (Å²) >= 11 is 3.18. The van der Waals surface area contributed by atoms with E-state index in [0.29, 0.717) is 22.6 Å². The first kappa shape index (κ1) is 12.5. The fourth-order valence-electron chi connectivity index (χ4n) is 1.92. The molecule has 3 nitrogen and oxygen atoms in total. The van der Waals surface area contributed by atoms with Crippen LogP contribution in [0.5, 0.6) is 0 Å². The fraction of sp³-hybridized carbons (Fsp3) is 0.417. The Bertz CT molecular complexity index is 419. The van der Waals surface area contributed by atoms with Gasteiger partial charge in [0.15, 0.2) is 0 Å². The summed E-state index contributed by atoms with van der Waals surface area (Å²) in [5.74, 6) is -0.531. The maximum atomic E-state index is 12.9. The zero-order valence-electron chi connectivity index (χ0n) is 9.30. The Kier molecular flexibility index (Phi) is 4.12. The number of benzene rings is 1. The number of halogens is 2. The van der Waals surface area contributed by atoms with Gasteiger partial charge in [-0.05, 0) is 53.5 Å². The summed E-state index contributed by atoms with van der Waals surface area (Å²) < 4.78 is 13.4. The number of hydrogen-bond donors (Lipinski definition) is 2. The van der Waals surface area contributed by atoms with Crippen molar-refractivity contribution in [3.05, 3.63) is 34.1 Å². The average molecular weight is 301 g/mol. The molecule has 1 saturated heterocycles. The van der Waals surface area contributed by atoms with Gasteiger partial charge in [-0.1, -0.05) is 0 Å². The van der Waals surface area contributed by atoms with Crippen LogP contribution < -0.4 is 10.6 Å². The van der Waals surface area contributed by atoms with E-state index in [0.717, 1.165) is 19.4 Å². The molecule has 0 saturated carbocycles. The topological polar surface area (TPSA) is 41.1 Å². The zero-order valence-corrected chi connectivity index (χ0v) is 10.9. The lowest BCUT2D eigenvalue weighted by molar-refractivity contribution is 0.0949. The third kappa shape index (κ3) is 3.26. The second kappa shape index (κ2) is 5.60. The van der Waals surface area contributed by atoms with E-state index in [1.807, 2.05) is 0 Å². The van der Waals surface area contributed by atoms with Gasteiger partial charge in [-0.25, -0.2) is 4.39 Å². The Morgan fingerprint density at radius 2 is 2.41 bits per heavy atom. The van der Waals surface area contributed by atoms with Crippen molar-refractivity contribution in [1.82, 2.24) is 10.6 Å². The van der Waals surface area contributed by atoms with Gasteiger partial charge >= 0.3 is 0 Å². The minimum Gasteiger partial charge on any atom is -0.350 e. The molecule has 92 valence electrons. The molecular formula is C12H14BrFN2O. The molecule has 5 heteroatoms. The molecule has 2 rings (SSSR count). The molecular weight excluding hydrogens is 287 g/mol. The number of hydrogen-bond acceptors (Lipinski definition) is 2. The van der Waals surface area contributed by atoms with Crippen LogP contribution in [0.1, 0.15) is 23.2 Å². The summed E-state index contributed by atoms with van der Waals surface area (Å²) in [6.45, 7) is 1.63. The van der Waals surface area contributed by atoms with Crippen LogP contribution in [0.3, 0.4) is 0 Å². The number of nitrogens with one attached hydrogen (secondary N) is 2. The molecule has 0 radical (unpaired) electrons. The molecule has 2 N–H and O–H groups in total. The Morgan fingerprint density at radius 1 is 1.59 bits per heavy atom. The van der Waals surface area contributed by atoms with Crippen molar-refractivity contribution in [3.8, 4) is 0 Å². The summed E-state index contributed by atoms with van der Waals surface area (Å²) in [5.41, 5.74) is 0.462. The minimum absolute atomic E-state index is 0.175. The van der Waals surface area contributed by atoms with Gasteiger partial charge < -0.3 is 10.6 Å². The fourth-order valence-corrected chi connectivity index (χ4v) is 2.45. The van der Waals surface area contributed by atoms with E-state index in [9.17, 15) is 9.18 Å². The van der Waals surface area contributed by atoms with Gasteiger partial charge in [0.2, 0.25) is 0 Å². The largest absolute Gasteiger partial charge is 0.350 e. The Hall–Kier alpha value is -0.940. The van der Waals surface area contributed by atoms with Gasteiger partial charge in [-0.15, -0.1) is 0 Å². The van der Waals surface area contributed by atoms with Crippen molar-refractivity contribution < 1.29 is 9.18 Å². The van der Waals surface area contributed by atoms with Crippen molar-refractivity contribution in [2.45, 2.75) is 18.9 Å². The van der Waals surface area contributed by atoms with Crippen molar-refractivity contribution in [2.75, 3.05) is 13.1 Å². The lowest BCUT2D eigenvalue weighted by atomic mass is 10.2. The van der Waals surface area contributed by atoms with E-state index in [1.165, 1.54) is 18.2 Å². The molecule has 0 aliphatic carbocycles. The molecule has 1 fully saturated rings. The molecule has 1 aliphatic heterocycles. The normalized spacial score (nSPS) is 19.3. The molecule has 1 amide bonds. The third-order valence-electron chi connectivity index (χ3n) is 2.85. The number of carbonyl (C=O) groups excluding carboxylic acids is 1. The van der Waals surface area contributed by atoms with E-state index in [4.69, 9.17) is 0 Å². The lowest BCUT2D eigenvalue weighted by Crippen LogP contribution is -2.37. The van der Waals surface area contributed by atoms with Crippen molar-refractivity contribution in [3.63, 3.8) is 0 Å². The Labute approximate surface area is 108 Å². The van der Waals surface area contributed by atoms with Crippen molar-refractivity contribution in [1.29, 1.82) is 0 Å². The molecule has 1 atom stereocenters. The first-order valence-electron chi connectivity index (χ1n) is 5.63. The highest BCUT2D eigenvalue weighted by Gasteiger charge is 2.16. The predicted octanol–water partition coefficient (Wildman–Crippen LogP) is 2.07. The maximum Gasteiger partial charge on any atom is 0.252 e. The van der Waals surface area contributed by atoms with Crippen LogP contribution in [-0.2, 0) is 0 Å². The van der Waals surface area contributed by atoms with Crippen LogP contribution in [0.15, 0.2) is 22.7 Å². The van der Waals surface area contributed by atoms with Gasteiger partial charge in [-0.3, -0.25) is 4.79 Å². The van der Waals surface area contributed by atoms with E-state index in [2.05, 4.69) is 26.6 Å². The number of rotatable bonds is 3. The molecule has 1 aromatic carbocycles. The van der Waals surface area contributed by atoms with Gasteiger partial charge in [-0.2, -0.15) is 0 Å². The van der Waals surface area contributed by atoms with E-state index in [1.54, 1.807) is 0 Å². The van der Waals surface area contributed by atoms with Crippen molar-refractivity contribution in [2.24, 2.45) is 0 Å². The van der Waals surface area contributed by atoms with Crippen LogP contribution >= 0.6 is 15.9 Å². The number of carbonyl (C=O) groups is 1. The summed E-state index contributed by atoms with van der Waals surface area (Å²) in [6, 6.07) is 4.42. The van der Waals surface area contributed by atoms with Crippen LogP contribution in [-0.4, -0.2) is 25.0 Å². The predicted molar refractivity (Wildman–Crippen MR) is 67.5 cm³/mol. The second-order valence-electron chi connectivity index (χ2n) is 4.13. The molecule has 0 aromatic heterocycles. The standard InChI is InChI=1S/C12H14BrFN2O/c13-11-6-8(14)3-4-10(11)12(17)16-7-9-2-1-5-15-9/h3-4,6,9,15H,1-2,5,7H2,(H,16,17). The summed E-state index contributed by atoms with van der Waals surface area (Å²) in [7, 11) is 0. The molecule has 0 bridgehead atoms. The second-order valence-corrected chi connectivity index (χ2v) is 4.98. The summed E-state index contributed by atoms with van der Waals surface area (Å²) in [4.78, 5) is 11.8. The van der Waals surface area contributed by atoms with E-state index in [-0.39, 0.29) is 11.7 Å². The zero-order chi connectivity index (χ0) is 12.3. The first-order valence-corrected chi connectivity index (χ1v) is 6.43. The first-order chi connectivity index (χ1) is 8.16. The molecule has 1 unspecified atom stereocenters. The van der Waals surface area contributed by atoms with Gasteiger partial charge in [0.1, 0.15) is 5.82 Å². The highest BCUT2D eigenvalue weighted by Crippen LogP contribution is 2.17. The SMILES string of the molecule is O=C(NCC1CCCN1)c1ccc(F)cc1Br. The minimum atomic E-state index is -0.356. The molecule has 1 aromatic rings. The highest BCUT2D eigenvalue weighted by molar-refractivity contribution is 9.10. The van der Waals surface area contributed by atoms with Gasteiger partial charge in [0, 0.05) is 17.1 Å². The average Bonchev–Trinajstić information content (AvgIpc) is 2.78. The van der Waals surface area contributed by atoms with E-state index < -0.39 is 0 Å². The quantitative estimate of drug-likeness (QED) is 0.897. The van der Waals surface area contributed by atoms with Gasteiger partial charge in [0.25, 0.3) is 5.91 Å². The highest BCUT2D eigenvalue weighted by atomic mass is 79.9. The third-order valence-corrected chi connectivity index (χ3v) is 3.50. The van der Waals surface area contributed by atoms with Crippen LogP contribution in [0, 0.1) is 5.82 Å². The van der Waals surface area contributed by atoms with Crippen LogP contribution in [0.4, 0.5) is 4.39 Å².